The van der Waals surface area contributed by atoms with E-state index in [4.69, 9.17) is 0 Å². The number of rotatable bonds is 4. The van der Waals surface area contributed by atoms with Crippen LogP contribution in [-0.4, -0.2) is 47.3 Å². The summed E-state index contributed by atoms with van der Waals surface area (Å²) in [5.41, 5.74) is 0. The van der Waals surface area contributed by atoms with E-state index < -0.39 is 9.84 Å². The minimum atomic E-state index is -2.90. The molecule has 0 radical (unpaired) electrons. The number of urea groups is 1. The predicted molar refractivity (Wildman–Crippen MR) is 72.7 cm³/mol. The van der Waals surface area contributed by atoms with Crippen LogP contribution in [0.5, 0.6) is 0 Å². The molecule has 0 aliphatic carbocycles. The van der Waals surface area contributed by atoms with Gasteiger partial charge < -0.3 is 15.2 Å². The molecule has 0 saturated carbocycles. The van der Waals surface area contributed by atoms with Crippen LogP contribution in [0.4, 0.5) is 4.79 Å². The first-order chi connectivity index (χ1) is 9.37. The zero-order chi connectivity index (χ0) is 14.8. The summed E-state index contributed by atoms with van der Waals surface area (Å²) in [6, 6.07) is -0.598. The predicted octanol–water partition coefficient (Wildman–Crippen LogP) is -0.390. The van der Waals surface area contributed by atoms with Crippen LogP contribution in [0.2, 0.25) is 0 Å². The van der Waals surface area contributed by atoms with Gasteiger partial charge >= 0.3 is 6.03 Å². The maximum Gasteiger partial charge on any atom is 0.315 e. The summed E-state index contributed by atoms with van der Waals surface area (Å²) in [4.78, 5) is 11.7. The van der Waals surface area contributed by atoms with E-state index >= 15 is 0 Å². The highest BCUT2D eigenvalue weighted by atomic mass is 32.2. The third-order valence-corrected chi connectivity index (χ3v) is 5.20. The van der Waals surface area contributed by atoms with Gasteiger partial charge in [-0.15, -0.1) is 10.2 Å². The van der Waals surface area contributed by atoms with Gasteiger partial charge in [-0.2, -0.15) is 0 Å². The van der Waals surface area contributed by atoms with Gasteiger partial charge in [-0.3, -0.25) is 0 Å². The van der Waals surface area contributed by atoms with Gasteiger partial charge in [-0.1, -0.05) is 0 Å². The van der Waals surface area contributed by atoms with Crippen LogP contribution in [-0.2, 0) is 16.9 Å². The molecule has 1 aliphatic rings. The van der Waals surface area contributed by atoms with E-state index in [1.54, 1.807) is 17.9 Å². The Labute approximate surface area is 117 Å². The summed E-state index contributed by atoms with van der Waals surface area (Å²) in [6.07, 6.45) is 2.18. The molecule has 2 amide bonds. The highest BCUT2D eigenvalue weighted by Gasteiger charge is 2.28. The summed E-state index contributed by atoms with van der Waals surface area (Å²) in [5.74, 6) is 1.04. The van der Waals surface area contributed by atoms with Crippen molar-refractivity contribution in [3.63, 3.8) is 0 Å². The molecule has 2 atom stereocenters. The van der Waals surface area contributed by atoms with Crippen LogP contribution in [0.25, 0.3) is 0 Å². The molecule has 20 heavy (non-hydrogen) atoms. The molecule has 1 aromatic rings. The zero-order valence-electron chi connectivity index (χ0n) is 11.5. The number of aromatic nitrogens is 3. The molecule has 0 spiro atoms. The smallest absolute Gasteiger partial charge is 0.315 e. The normalized spacial score (nSPS) is 22.4. The third kappa shape index (κ3) is 3.69. The number of carbonyl (C=O) groups excluding carboxylic acids is 1. The minimum Gasteiger partial charge on any atom is -0.338 e. The fourth-order valence-corrected chi connectivity index (χ4v) is 4.13. The SMILES string of the molecule is C[C@H](NC(=O)NC[C@H]1CCS(=O)(=O)C1)c1nncn1C. The van der Waals surface area contributed by atoms with E-state index in [1.165, 1.54) is 0 Å². The molecule has 1 saturated heterocycles. The molecule has 2 N–H and O–H groups in total. The third-order valence-electron chi connectivity index (χ3n) is 3.36. The van der Waals surface area contributed by atoms with Crippen molar-refractivity contribution in [2.45, 2.75) is 19.4 Å². The van der Waals surface area contributed by atoms with E-state index in [-0.39, 0.29) is 29.5 Å². The topological polar surface area (TPSA) is 106 Å². The standard InChI is InChI=1S/C11H19N5O3S/c1-8(10-15-13-7-16(10)2)14-11(17)12-5-9-3-4-20(18,19)6-9/h7-9H,3-6H2,1-2H3,(H2,12,14,17)/t8-,9+/m0/s1. The van der Waals surface area contributed by atoms with Crippen LogP contribution < -0.4 is 10.6 Å². The maximum absolute atomic E-state index is 11.7. The summed E-state index contributed by atoms with van der Waals surface area (Å²) in [5, 5.41) is 13.1. The Morgan fingerprint density at radius 2 is 2.35 bits per heavy atom. The maximum atomic E-state index is 11.7. The lowest BCUT2D eigenvalue weighted by Crippen LogP contribution is -2.40. The summed E-state index contributed by atoms with van der Waals surface area (Å²) in [6.45, 7) is 2.18. The highest BCUT2D eigenvalue weighted by Crippen LogP contribution is 2.17. The summed E-state index contributed by atoms with van der Waals surface area (Å²) < 4.78 is 24.4. The van der Waals surface area contributed by atoms with Crippen LogP contribution in [0, 0.1) is 5.92 Å². The Kier molecular flexibility index (Phi) is 4.26. The lowest BCUT2D eigenvalue weighted by atomic mass is 10.1. The van der Waals surface area contributed by atoms with E-state index in [0.717, 1.165) is 0 Å². The summed E-state index contributed by atoms with van der Waals surface area (Å²) in [7, 11) is -1.10. The molecule has 0 aromatic carbocycles. The lowest BCUT2D eigenvalue weighted by Gasteiger charge is -2.15. The Morgan fingerprint density at radius 1 is 1.60 bits per heavy atom. The number of nitrogens with zero attached hydrogens (tertiary/aromatic N) is 3. The van der Waals surface area contributed by atoms with Crippen molar-refractivity contribution in [1.82, 2.24) is 25.4 Å². The Bertz CT molecular complexity index is 583. The number of hydrogen-bond acceptors (Lipinski definition) is 5. The van der Waals surface area contributed by atoms with Crippen molar-refractivity contribution >= 4 is 15.9 Å². The monoisotopic (exact) mass is 301 g/mol. The van der Waals surface area contributed by atoms with Crippen LogP contribution in [0.15, 0.2) is 6.33 Å². The number of sulfone groups is 1. The molecule has 9 heteroatoms. The van der Waals surface area contributed by atoms with E-state index in [9.17, 15) is 13.2 Å². The quantitative estimate of drug-likeness (QED) is 0.788. The minimum absolute atomic E-state index is 0.0101. The van der Waals surface area contributed by atoms with Crippen LogP contribution >= 0.6 is 0 Å². The van der Waals surface area contributed by atoms with Crippen LogP contribution in [0.3, 0.4) is 0 Å². The number of hydrogen-bond donors (Lipinski definition) is 2. The van der Waals surface area contributed by atoms with Gasteiger partial charge in [0.25, 0.3) is 0 Å². The molecule has 0 bridgehead atoms. The van der Waals surface area contributed by atoms with Gasteiger partial charge in [0, 0.05) is 13.6 Å². The van der Waals surface area contributed by atoms with Crippen molar-refractivity contribution in [2.75, 3.05) is 18.1 Å². The Morgan fingerprint density at radius 3 is 2.90 bits per heavy atom. The van der Waals surface area contributed by atoms with Crippen LogP contribution in [0.1, 0.15) is 25.2 Å². The zero-order valence-corrected chi connectivity index (χ0v) is 12.4. The second kappa shape index (κ2) is 5.78. The average Bonchev–Trinajstić information content (AvgIpc) is 2.92. The molecule has 112 valence electrons. The van der Waals surface area contributed by atoms with Gasteiger partial charge in [-0.25, -0.2) is 13.2 Å². The van der Waals surface area contributed by atoms with Gasteiger partial charge in [0.15, 0.2) is 15.7 Å². The van der Waals surface area contributed by atoms with Crippen molar-refractivity contribution in [2.24, 2.45) is 13.0 Å². The highest BCUT2D eigenvalue weighted by molar-refractivity contribution is 7.91. The number of aryl methyl sites for hydroxylation is 1. The first-order valence-corrected chi connectivity index (χ1v) is 8.28. The van der Waals surface area contributed by atoms with Gasteiger partial charge in [0.2, 0.25) is 0 Å². The molecule has 1 aromatic heterocycles. The molecule has 0 unspecified atom stereocenters. The lowest BCUT2D eigenvalue weighted by molar-refractivity contribution is 0.235. The molecular weight excluding hydrogens is 282 g/mol. The number of amides is 2. The second-order valence-corrected chi connectivity index (χ2v) is 7.37. The van der Waals surface area contributed by atoms with E-state index in [0.29, 0.717) is 18.8 Å². The van der Waals surface area contributed by atoms with Crippen molar-refractivity contribution in [1.29, 1.82) is 0 Å². The Hall–Kier alpha value is -1.64. The van der Waals surface area contributed by atoms with E-state index in [2.05, 4.69) is 20.8 Å². The van der Waals surface area contributed by atoms with Crippen molar-refractivity contribution in [3.8, 4) is 0 Å². The Balaban J connectivity index is 1.77. The first kappa shape index (κ1) is 14.8. The molecule has 2 rings (SSSR count). The first-order valence-electron chi connectivity index (χ1n) is 6.46. The molecule has 8 nitrogen and oxygen atoms in total. The molecule has 2 heterocycles. The molecule has 1 fully saturated rings. The largest absolute Gasteiger partial charge is 0.338 e. The van der Waals surface area contributed by atoms with Crippen molar-refractivity contribution < 1.29 is 13.2 Å². The summed E-state index contributed by atoms with van der Waals surface area (Å²) >= 11 is 0. The fraction of sp³-hybridized carbons (Fsp3) is 0.727. The molecule has 1 aliphatic heterocycles. The van der Waals surface area contributed by atoms with Gasteiger partial charge in [-0.05, 0) is 19.3 Å². The average molecular weight is 301 g/mol. The van der Waals surface area contributed by atoms with Gasteiger partial charge in [0.1, 0.15) is 6.33 Å². The molecular formula is C11H19N5O3S. The second-order valence-electron chi connectivity index (χ2n) is 5.15. The number of carbonyl (C=O) groups is 1. The number of nitrogens with one attached hydrogen (secondary N) is 2. The van der Waals surface area contributed by atoms with E-state index in [1.807, 2.05) is 6.92 Å². The van der Waals surface area contributed by atoms with Gasteiger partial charge in [0.05, 0.1) is 17.5 Å². The van der Waals surface area contributed by atoms with Crippen molar-refractivity contribution in [3.05, 3.63) is 12.2 Å². The fourth-order valence-electron chi connectivity index (χ4n) is 2.27.